The summed E-state index contributed by atoms with van der Waals surface area (Å²) in [7, 11) is 0. The molecule has 1 aromatic rings. The SMILES string of the molecule is C=C1C2c3ccccc3C3C=CC(C)=CN3C12. The number of nitrogens with zero attached hydrogens (tertiary/aromatic N) is 1. The summed E-state index contributed by atoms with van der Waals surface area (Å²) in [6.07, 6.45) is 6.83. The molecule has 3 atom stereocenters. The van der Waals surface area contributed by atoms with Gasteiger partial charge in [0.1, 0.15) is 0 Å². The van der Waals surface area contributed by atoms with Crippen LogP contribution in [0.2, 0.25) is 0 Å². The van der Waals surface area contributed by atoms with Crippen molar-refractivity contribution in [2.24, 2.45) is 0 Å². The van der Waals surface area contributed by atoms with Crippen molar-refractivity contribution in [1.82, 2.24) is 4.90 Å². The second-order valence-corrected chi connectivity index (χ2v) is 5.25. The Morgan fingerprint density at radius 3 is 2.76 bits per heavy atom. The van der Waals surface area contributed by atoms with Crippen LogP contribution in [0.1, 0.15) is 30.0 Å². The maximum Gasteiger partial charge on any atom is 0.0733 e. The summed E-state index contributed by atoms with van der Waals surface area (Å²) in [5.41, 5.74) is 5.65. The Kier molecular flexibility index (Phi) is 1.60. The van der Waals surface area contributed by atoms with Crippen LogP contribution in [0.4, 0.5) is 0 Å². The van der Waals surface area contributed by atoms with Crippen LogP contribution in [0.15, 0.2) is 60.3 Å². The molecule has 1 fully saturated rings. The van der Waals surface area contributed by atoms with Gasteiger partial charge in [0.25, 0.3) is 0 Å². The summed E-state index contributed by atoms with van der Waals surface area (Å²) >= 11 is 0. The molecular weight excluding hydrogens is 206 g/mol. The van der Waals surface area contributed by atoms with Crippen LogP contribution in [-0.2, 0) is 0 Å². The zero-order valence-corrected chi connectivity index (χ0v) is 9.93. The molecule has 1 heteroatoms. The Labute approximate surface area is 102 Å². The van der Waals surface area contributed by atoms with E-state index >= 15 is 0 Å². The van der Waals surface area contributed by atoms with Gasteiger partial charge in [-0.1, -0.05) is 43.0 Å². The van der Waals surface area contributed by atoms with Crippen LogP contribution in [0.3, 0.4) is 0 Å². The monoisotopic (exact) mass is 221 g/mol. The molecular formula is C16H15N. The first-order chi connectivity index (χ1) is 8.27. The third-order valence-corrected chi connectivity index (χ3v) is 4.17. The average molecular weight is 221 g/mol. The van der Waals surface area contributed by atoms with Crippen molar-refractivity contribution in [1.29, 1.82) is 0 Å². The topological polar surface area (TPSA) is 3.24 Å². The average Bonchev–Trinajstić information content (AvgIpc) is 3.02. The second-order valence-electron chi connectivity index (χ2n) is 5.25. The van der Waals surface area contributed by atoms with E-state index in [0.717, 1.165) is 0 Å². The van der Waals surface area contributed by atoms with E-state index in [1.54, 1.807) is 0 Å². The van der Waals surface area contributed by atoms with Gasteiger partial charge >= 0.3 is 0 Å². The Bertz CT molecular complexity index is 579. The van der Waals surface area contributed by atoms with Crippen molar-refractivity contribution < 1.29 is 0 Å². The number of hydrogen-bond donors (Lipinski definition) is 0. The van der Waals surface area contributed by atoms with E-state index < -0.39 is 0 Å². The Morgan fingerprint density at radius 1 is 1.18 bits per heavy atom. The van der Waals surface area contributed by atoms with Crippen molar-refractivity contribution in [3.8, 4) is 0 Å². The lowest BCUT2D eigenvalue weighted by atomic mass is 9.90. The van der Waals surface area contributed by atoms with Gasteiger partial charge < -0.3 is 4.90 Å². The van der Waals surface area contributed by atoms with E-state index in [-0.39, 0.29) is 0 Å². The maximum absolute atomic E-state index is 4.23. The van der Waals surface area contributed by atoms with E-state index in [0.29, 0.717) is 18.0 Å². The van der Waals surface area contributed by atoms with Crippen molar-refractivity contribution >= 4 is 0 Å². The molecule has 0 saturated heterocycles. The quantitative estimate of drug-likeness (QED) is 0.606. The first-order valence-electron chi connectivity index (χ1n) is 6.19. The molecule has 3 unspecified atom stereocenters. The molecule has 17 heavy (non-hydrogen) atoms. The molecule has 4 rings (SSSR count). The minimum atomic E-state index is 0.412. The first-order valence-corrected chi connectivity index (χ1v) is 6.19. The second kappa shape index (κ2) is 2.92. The molecule has 0 spiro atoms. The fourth-order valence-corrected chi connectivity index (χ4v) is 3.31. The third kappa shape index (κ3) is 1.09. The summed E-state index contributed by atoms with van der Waals surface area (Å²) < 4.78 is 0. The van der Waals surface area contributed by atoms with Gasteiger partial charge in [0, 0.05) is 12.1 Å². The van der Waals surface area contributed by atoms with Gasteiger partial charge in [0.2, 0.25) is 0 Å². The lowest BCUT2D eigenvalue weighted by Gasteiger charge is -2.36. The van der Waals surface area contributed by atoms with E-state index in [1.807, 2.05) is 0 Å². The van der Waals surface area contributed by atoms with Crippen LogP contribution < -0.4 is 0 Å². The smallest absolute Gasteiger partial charge is 0.0733 e. The largest absolute Gasteiger partial charge is 0.359 e. The van der Waals surface area contributed by atoms with Gasteiger partial charge in [0.05, 0.1) is 12.1 Å². The molecule has 1 saturated carbocycles. The highest BCUT2D eigenvalue weighted by Gasteiger charge is 2.53. The van der Waals surface area contributed by atoms with Crippen molar-refractivity contribution in [2.45, 2.75) is 24.9 Å². The normalized spacial score (nSPS) is 32.5. The van der Waals surface area contributed by atoms with Gasteiger partial charge in [-0.2, -0.15) is 0 Å². The molecule has 0 N–H and O–H groups in total. The number of rotatable bonds is 0. The van der Waals surface area contributed by atoms with Crippen LogP contribution in [0.5, 0.6) is 0 Å². The predicted octanol–water partition coefficient (Wildman–Crippen LogP) is 3.54. The van der Waals surface area contributed by atoms with Gasteiger partial charge in [-0.3, -0.25) is 0 Å². The van der Waals surface area contributed by atoms with E-state index in [9.17, 15) is 0 Å². The van der Waals surface area contributed by atoms with E-state index in [1.165, 1.54) is 22.3 Å². The van der Waals surface area contributed by atoms with Crippen LogP contribution in [0, 0.1) is 0 Å². The van der Waals surface area contributed by atoms with Crippen molar-refractivity contribution in [2.75, 3.05) is 0 Å². The fourth-order valence-electron chi connectivity index (χ4n) is 3.31. The minimum Gasteiger partial charge on any atom is -0.359 e. The maximum atomic E-state index is 4.23. The fraction of sp³-hybridized carbons (Fsp3) is 0.250. The summed E-state index contributed by atoms with van der Waals surface area (Å²) in [5, 5.41) is 0. The van der Waals surface area contributed by atoms with Crippen LogP contribution in [-0.4, -0.2) is 10.9 Å². The summed E-state index contributed by atoms with van der Waals surface area (Å²) in [4.78, 5) is 2.48. The highest BCUT2D eigenvalue weighted by Crippen LogP contribution is 2.58. The highest BCUT2D eigenvalue weighted by molar-refractivity contribution is 5.57. The zero-order chi connectivity index (χ0) is 11.6. The van der Waals surface area contributed by atoms with Gasteiger partial charge in [-0.05, 0) is 29.2 Å². The Hall–Kier alpha value is -1.76. The Balaban J connectivity index is 1.92. The molecule has 0 bridgehead atoms. The van der Waals surface area contributed by atoms with E-state index in [2.05, 4.69) is 61.0 Å². The lowest BCUT2D eigenvalue weighted by molar-refractivity contribution is 0.294. The molecule has 84 valence electrons. The molecule has 1 nitrogen and oxygen atoms in total. The first kappa shape index (κ1) is 9.29. The molecule has 2 aliphatic heterocycles. The van der Waals surface area contributed by atoms with Gasteiger partial charge in [-0.25, -0.2) is 0 Å². The predicted molar refractivity (Wildman–Crippen MR) is 69.6 cm³/mol. The summed E-state index contributed by atoms with van der Waals surface area (Å²) in [6.45, 7) is 6.39. The molecule has 2 heterocycles. The molecule has 1 aromatic carbocycles. The minimum absolute atomic E-state index is 0.412. The van der Waals surface area contributed by atoms with E-state index in [4.69, 9.17) is 0 Å². The lowest BCUT2D eigenvalue weighted by Crippen LogP contribution is -2.31. The van der Waals surface area contributed by atoms with Gasteiger partial charge in [-0.15, -0.1) is 0 Å². The molecule has 0 aromatic heterocycles. The standard InChI is InChI=1S/C16H15N/c1-10-7-8-14-12-5-3-4-6-13(12)15-11(2)16(15)17(14)9-10/h3-9,14-16H,2H2,1H3. The van der Waals surface area contributed by atoms with Crippen LogP contribution in [0.25, 0.3) is 0 Å². The highest BCUT2D eigenvalue weighted by atomic mass is 15.2. The number of fused-ring (bicyclic) bond motifs is 6. The Morgan fingerprint density at radius 2 is 1.94 bits per heavy atom. The van der Waals surface area contributed by atoms with Crippen molar-refractivity contribution in [3.63, 3.8) is 0 Å². The van der Waals surface area contributed by atoms with Gasteiger partial charge in [0.15, 0.2) is 0 Å². The molecule has 0 amide bonds. The summed E-state index contributed by atoms with van der Waals surface area (Å²) in [5.74, 6) is 0.568. The molecule has 3 aliphatic rings. The van der Waals surface area contributed by atoms with Crippen molar-refractivity contribution in [3.05, 3.63) is 71.5 Å². The zero-order valence-electron chi connectivity index (χ0n) is 9.93. The summed E-state index contributed by atoms with van der Waals surface area (Å²) in [6, 6.07) is 9.76. The number of hydrogen-bond acceptors (Lipinski definition) is 1. The third-order valence-electron chi connectivity index (χ3n) is 4.17. The number of benzene rings is 1. The molecule has 1 aliphatic carbocycles. The van der Waals surface area contributed by atoms with Crippen LogP contribution >= 0.6 is 0 Å². The number of allylic oxidation sites excluding steroid dienone is 2. The molecule has 0 radical (unpaired) electrons.